The van der Waals surface area contributed by atoms with Gasteiger partial charge in [-0.15, -0.1) is 11.3 Å². The van der Waals surface area contributed by atoms with E-state index in [-0.39, 0.29) is 16.8 Å². The highest BCUT2D eigenvalue weighted by molar-refractivity contribution is 7.15. The van der Waals surface area contributed by atoms with Crippen LogP contribution in [0, 0.1) is 6.92 Å². The van der Waals surface area contributed by atoms with E-state index in [1.807, 2.05) is 0 Å². The molecule has 24 heavy (non-hydrogen) atoms. The second-order valence-corrected chi connectivity index (χ2v) is 5.80. The molecule has 8 heteroatoms. The Bertz CT molecular complexity index is 955. The van der Waals surface area contributed by atoms with Crippen molar-refractivity contribution in [2.24, 2.45) is 0 Å². The Labute approximate surface area is 141 Å². The van der Waals surface area contributed by atoms with Crippen LogP contribution >= 0.6 is 11.3 Å². The molecule has 3 aromatic rings. The first kappa shape index (κ1) is 16.0. The number of fused-ring (bicyclic) bond motifs is 1. The van der Waals surface area contributed by atoms with E-state index in [1.54, 1.807) is 36.7 Å². The van der Waals surface area contributed by atoms with Crippen LogP contribution in [0.3, 0.4) is 0 Å². The molecule has 7 nitrogen and oxygen atoms in total. The number of nitrogens with zero attached hydrogens (tertiary/aromatic N) is 2. The van der Waals surface area contributed by atoms with Crippen molar-refractivity contribution in [3.63, 3.8) is 0 Å². The van der Waals surface area contributed by atoms with Crippen LogP contribution < -0.4 is 20.3 Å². The van der Waals surface area contributed by atoms with Crippen LogP contribution in [0.15, 0.2) is 34.6 Å². The number of aryl methyl sites for hydroxylation is 1. The number of amides is 1. The number of rotatable bonds is 4. The van der Waals surface area contributed by atoms with Gasteiger partial charge in [0.05, 0.1) is 19.9 Å². The molecule has 0 atom stereocenters. The molecule has 0 aliphatic rings. The topological polar surface area (TPSA) is 81.9 Å². The molecule has 0 aliphatic heterocycles. The summed E-state index contributed by atoms with van der Waals surface area (Å²) in [7, 11) is 2.93. The van der Waals surface area contributed by atoms with Crippen LogP contribution in [0.1, 0.15) is 16.1 Å². The Kier molecular flexibility index (Phi) is 4.22. The average molecular weight is 345 g/mol. The van der Waals surface area contributed by atoms with Crippen LogP contribution in [0.5, 0.6) is 11.5 Å². The fraction of sp³-hybridized carbons (Fsp3) is 0.188. The summed E-state index contributed by atoms with van der Waals surface area (Å²) in [4.78, 5) is 30.2. The van der Waals surface area contributed by atoms with Gasteiger partial charge in [-0.2, -0.15) is 0 Å². The Balaban J connectivity index is 2.07. The molecule has 0 bridgehead atoms. The van der Waals surface area contributed by atoms with Gasteiger partial charge < -0.3 is 14.8 Å². The summed E-state index contributed by atoms with van der Waals surface area (Å²) in [6.45, 7) is 1.68. The highest BCUT2D eigenvalue weighted by Crippen LogP contribution is 2.29. The minimum atomic E-state index is -0.499. The number of benzene rings is 1. The summed E-state index contributed by atoms with van der Waals surface area (Å²) in [5.74, 6) is 0.213. The third kappa shape index (κ3) is 2.61. The zero-order valence-electron chi connectivity index (χ0n) is 13.3. The van der Waals surface area contributed by atoms with E-state index >= 15 is 0 Å². The van der Waals surface area contributed by atoms with Gasteiger partial charge in [-0.05, 0) is 19.1 Å². The lowest BCUT2D eigenvalue weighted by molar-refractivity contribution is 0.102. The maximum Gasteiger partial charge on any atom is 0.282 e. The van der Waals surface area contributed by atoms with E-state index in [0.717, 1.165) is 0 Å². The molecule has 124 valence electrons. The molecule has 1 N–H and O–H groups in total. The lowest BCUT2D eigenvalue weighted by atomic mass is 10.1. The molecule has 2 aromatic heterocycles. The molecular formula is C16H15N3O4S. The van der Waals surface area contributed by atoms with Crippen molar-refractivity contribution >= 4 is 27.9 Å². The predicted molar refractivity (Wildman–Crippen MR) is 91.6 cm³/mol. The van der Waals surface area contributed by atoms with Crippen molar-refractivity contribution in [2.75, 3.05) is 19.5 Å². The minimum Gasteiger partial charge on any atom is -0.496 e. The zero-order valence-corrected chi connectivity index (χ0v) is 14.1. The molecule has 1 amide bonds. The first-order valence-electron chi connectivity index (χ1n) is 7.05. The van der Waals surface area contributed by atoms with E-state index in [0.29, 0.717) is 22.2 Å². The van der Waals surface area contributed by atoms with Crippen LogP contribution in [-0.2, 0) is 0 Å². The van der Waals surface area contributed by atoms with Gasteiger partial charge in [-0.3, -0.25) is 14.0 Å². The normalized spacial score (nSPS) is 10.6. The van der Waals surface area contributed by atoms with Gasteiger partial charge in [-0.1, -0.05) is 6.07 Å². The summed E-state index contributed by atoms with van der Waals surface area (Å²) < 4.78 is 11.8. The van der Waals surface area contributed by atoms with E-state index < -0.39 is 5.91 Å². The SMILES string of the molecule is COc1cccc(OC)c1C(=O)Nc1c(C)nc2sccn2c1=O. The molecule has 1 aromatic carbocycles. The lowest BCUT2D eigenvalue weighted by Gasteiger charge is -2.13. The molecule has 0 radical (unpaired) electrons. The molecule has 0 saturated heterocycles. The average Bonchev–Trinajstić information content (AvgIpc) is 3.05. The second-order valence-electron chi connectivity index (χ2n) is 4.92. The van der Waals surface area contributed by atoms with Gasteiger partial charge in [-0.25, -0.2) is 4.98 Å². The van der Waals surface area contributed by atoms with Gasteiger partial charge in [0.15, 0.2) is 4.96 Å². The molecule has 0 spiro atoms. The van der Waals surface area contributed by atoms with Crippen LogP contribution in [0.4, 0.5) is 5.69 Å². The first-order valence-corrected chi connectivity index (χ1v) is 7.93. The van der Waals surface area contributed by atoms with E-state index in [2.05, 4.69) is 10.3 Å². The third-order valence-corrected chi connectivity index (χ3v) is 4.30. The van der Waals surface area contributed by atoms with Gasteiger partial charge in [0, 0.05) is 11.6 Å². The summed E-state index contributed by atoms with van der Waals surface area (Å²) >= 11 is 1.35. The Morgan fingerprint density at radius 1 is 1.25 bits per heavy atom. The van der Waals surface area contributed by atoms with Crippen molar-refractivity contribution in [1.82, 2.24) is 9.38 Å². The number of hydrogen-bond donors (Lipinski definition) is 1. The first-order chi connectivity index (χ1) is 11.6. The summed E-state index contributed by atoms with van der Waals surface area (Å²) in [5.41, 5.74) is 0.464. The van der Waals surface area contributed by atoms with Crippen molar-refractivity contribution in [3.8, 4) is 11.5 Å². The molecule has 3 rings (SSSR count). The highest BCUT2D eigenvalue weighted by atomic mass is 32.1. The van der Waals surface area contributed by atoms with Crippen molar-refractivity contribution < 1.29 is 14.3 Å². The van der Waals surface area contributed by atoms with Crippen molar-refractivity contribution in [2.45, 2.75) is 6.92 Å². The van der Waals surface area contributed by atoms with Gasteiger partial charge >= 0.3 is 0 Å². The molecular weight excluding hydrogens is 330 g/mol. The summed E-state index contributed by atoms with van der Waals surface area (Å²) in [6, 6.07) is 5.02. The number of carbonyl (C=O) groups excluding carboxylic acids is 1. The lowest BCUT2D eigenvalue weighted by Crippen LogP contribution is -2.24. The molecule has 0 fully saturated rings. The van der Waals surface area contributed by atoms with E-state index in [1.165, 1.54) is 30.0 Å². The van der Waals surface area contributed by atoms with Crippen molar-refractivity contribution in [1.29, 1.82) is 0 Å². The number of ether oxygens (including phenoxy) is 2. The second kappa shape index (κ2) is 6.32. The van der Waals surface area contributed by atoms with Crippen molar-refractivity contribution in [3.05, 3.63) is 51.4 Å². The van der Waals surface area contributed by atoms with Gasteiger partial charge in [0.25, 0.3) is 11.5 Å². The number of carbonyl (C=O) groups is 1. The smallest absolute Gasteiger partial charge is 0.282 e. The number of anilines is 1. The molecule has 0 unspecified atom stereocenters. The number of methoxy groups -OCH3 is 2. The van der Waals surface area contributed by atoms with Gasteiger partial charge in [0.1, 0.15) is 22.7 Å². The Morgan fingerprint density at radius 3 is 2.54 bits per heavy atom. The molecule has 0 aliphatic carbocycles. The number of nitrogens with one attached hydrogen (secondary N) is 1. The third-order valence-electron chi connectivity index (χ3n) is 3.54. The zero-order chi connectivity index (χ0) is 17.3. The summed E-state index contributed by atoms with van der Waals surface area (Å²) in [5, 5.41) is 4.40. The predicted octanol–water partition coefficient (Wildman–Crippen LogP) is 2.33. The summed E-state index contributed by atoms with van der Waals surface area (Å²) in [6.07, 6.45) is 1.62. The molecule has 0 saturated carbocycles. The Morgan fingerprint density at radius 2 is 1.92 bits per heavy atom. The maximum absolute atomic E-state index is 12.7. The minimum absolute atomic E-state index is 0.129. The van der Waals surface area contributed by atoms with Crippen LogP contribution in [0.2, 0.25) is 0 Å². The quantitative estimate of drug-likeness (QED) is 0.785. The van der Waals surface area contributed by atoms with Crippen LogP contribution in [0.25, 0.3) is 4.96 Å². The standard InChI is InChI=1S/C16H15N3O4S/c1-9-13(15(21)19-7-8-24-16(19)17-9)18-14(20)12-10(22-2)5-4-6-11(12)23-3/h4-8H,1-3H3,(H,18,20). The van der Waals surface area contributed by atoms with E-state index in [4.69, 9.17) is 9.47 Å². The van der Waals surface area contributed by atoms with E-state index in [9.17, 15) is 9.59 Å². The number of thiazole rings is 1. The molecule has 2 heterocycles. The van der Waals surface area contributed by atoms with Gasteiger partial charge in [0.2, 0.25) is 0 Å². The highest BCUT2D eigenvalue weighted by Gasteiger charge is 2.21. The Hall–Kier alpha value is -2.87. The monoisotopic (exact) mass is 345 g/mol. The number of aromatic nitrogens is 2. The fourth-order valence-corrected chi connectivity index (χ4v) is 3.13. The number of hydrogen-bond acceptors (Lipinski definition) is 6. The maximum atomic E-state index is 12.7. The van der Waals surface area contributed by atoms with Crippen LogP contribution in [-0.4, -0.2) is 29.5 Å². The fourth-order valence-electron chi connectivity index (χ4n) is 2.38. The largest absolute Gasteiger partial charge is 0.496 e.